The molecule has 3 heterocycles. The van der Waals surface area contributed by atoms with Crippen LogP contribution in [0.5, 0.6) is 0 Å². The van der Waals surface area contributed by atoms with Crippen LogP contribution >= 0.6 is 11.9 Å². The Labute approximate surface area is 117 Å². The maximum atomic E-state index is 2.57. The third kappa shape index (κ3) is 1.78. The highest BCUT2D eigenvalue weighted by molar-refractivity contribution is 7.98. The van der Waals surface area contributed by atoms with Crippen LogP contribution in [0.2, 0.25) is 0 Å². The lowest BCUT2D eigenvalue weighted by Crippen LogP contribution is -2.47. The summed E-state index contributed by atoms with van der Waals surface area (Å²) < 4.78 is 2.32. The summed E-state index contributed by atoms with van der Waals surface area (Å²) in [6.45, 7) is 3.33. The molecule has 0 bridgehead atoms. The van der Waals surface area contributed by atoms with Gasteiger partial charge in [0, 0.05) is 25.8 Å². The molecule has 0 amide bonds. The van der Waals surface area contributed by atoms with Crippen LogP contribution in [0.1, 0.15) is 11.7 Å². The molecular formula is C15H17N3S. The van der Waals surface area contributed by atoms with Crippen LogP contribution in [0.15, 0.2) is 47.5 Å². The molecule has 0 spiro atoms. The Morgan fingerprint density at radius 3 is 2.95 bits per heavy atom. The lowest BCUT2D eigenvalue weighted by Gasteiger charge is -2.40. The Morgan fingerprint density at radius 2 is 2.00 bits per heavy atom. The molecule has 2 aliphatic rings. The summed E-state index contributed by atoms with van der Waals surface area (Å²) in [6.07, 6.45) is 2.18. The maximum absolute atomic E-state index is 2.57. The van der Waals surface area contributed by atoms with Crippen molar-refractivity contribution in [3.8, 4) is 0 Å². The molecule has 1 unspecified atom stereocenters. The van der Waals surface area contributed by atoms with Crippen LogP contribution in [0.25, 0.3) is 0 Å². The number of rotatable bonds is 0. The zero-order valence-electron chi connectivity index (χ0n) is 11.0. The quantitative estimate of drug-likeness (QED) is 0.730. The molecule has 19 heavy (non-hydrogen) atoms. The number of fused-ring (bicyclic) bond motifs is 5. The number of aromatic nitrogens is 1. The van der Waals surface area contributed by atoms with E-state index in [-0.39, 0.29) is 0 Å². The second-order valence-electron chi connectivity index (χ2n) is 5.29. The van der Waals surface area contributed by atoms with Crippen molar-refractivity contribution in [1.29, 1.82) is 0 Å². The predicted octanol–water partition coefficient (Wildman–Crippen LogP) is 2.85. The van der Waals surface area contributed by atoms with E-state index in [0.29, 0.717) is 6.04 Å². The van der Waals surface area contributed by atoms with Gasteiger partial charge in [-0.2, -0.15) is 0 Å². The molecule has 2 aliphatic heterocycles. The SMILES string of the molecule is CN1CCN2c3ccccc3Sn3cccc3C2C1. The van der Waals surface area contributed by atoms with Gasteiger partial charge in [-0.15, -0.1) is 0 Å². The minimum Gasteiger partial charge on any atom is -0.359 e. The first-order chi connectivity index (χ1) is 9.33. The third-order valence-corrected chi connectivity index (χ3v) is 5.11. The summed E-state index contributed by atoms with van der Waals surface area (Å²) in [7, 11) is 2.22. The van der Waals surface area contributed by atoms with E-state index in [2.05, 4.69) is 63.4 Å². The van der Waals surface area contributed by atoms with Gasteiger partial charge in [0.15, 0.2) is 0 Å². The molecule has 0 radical (unpaired) electrons. The van der Waals surface area contributed by atoms with E-state index >= 15 is 0 Å². The first kappa shape index (κ1) is 11.4. The van der Waals surface area contributed by atoms with Gasteiger partial charge in [-0.1, -0.05) is 12.1 Å². The van der Waals surface area contributed by atoms with E-state index in [1.165, 1.54) is 16.3 Å². The van der Waals surface area contributed by atoms with Crippen molar-refractivity contribution in [1.82, 2.24) is 8.87 Å². The van der Waals surface area contributed by atoms with Crippen molar-refractivity contribution >= 4 is 17.6 Å². The number of likely N-dealkylation sites (N-methyl/N-ethyl adjacent to an activating group) is 1. The van der Waals surface area contributed by atoms with Crippen LogP contribution in [0, 0.1) is 0 Å². The zero-order valence-corrected chi connectivity index (χ0v) is 11.8. The average Bonchev–Trinajstić information content (AvgIpc) is 2.83. The molecule has 0 aliphatic carbocycles. The maximum Gasteiger partial charge on any atom is 0.0830 e. The number of hydrogen-bond donors (Lipinski definition) is 0. The van der Waals surface area contributed by atoms with Gasteiger partial charge in [-0.3, -0.25) is 3.97 Å². The second kappa shape index (κ2) is 4.32. The fourth-order valence-electron chi connectivity index (χ4n) is 3.06. The number of benzene rings is 1. The Balaban J connectivity index is 1.89. The summed E-state index contributed by atoms with van der Waals surface area (Å²) in [5.74, 6) is 0. The highest BCUT2D eigenvalue weighted by atomic mass is 32.2. The predicted molar refractivity (Wildman–Crippen MR) is 79.7 cm³/mol. The van der Waals surface area contributed by atoms with Gasteiger partial charge in [0.05, 0.1) is 22.3 Å². The fraction of sp³-hybridized carbons (Fsp3) is 0.333. The normalized spacial score (nSPS) is 22.4. The molecule has 1 atom stereocenters. The molecule has 3 nitrogen and oxygen atoms in total. The minimum atomic E-state index is 0.463. The van der Waals surface area contributed by atoms with Crippen molar-refractivity contribution in [3.63, 3.8) is 0 Å². The van der Waals surface area contributed by atoms with Gasteiger partial charge in [0.2, 0.25) is 0 Å². The summed E-state index contributed by atoms with van der Waals surface area (Å²) in [4.78, 5) is 6.35. The molecule has 1 saturated heterocycles. The molecule has 1 fully saturated rings. The first-order valence-electron chi connectivity index (χ1n) is 6.73. The van der Waals surface area contributed by atoms with Gasteiger partial charge in [-0.25, -0.2) is 0 Å². The van der Waals surface area contributed by atoms with Crippen molar-refractivity contribution in [2.45, 2.75) is 10.9 Å². The second-order valence-corrected chi connectivity index (χ2v) is 6.31. The van der Waals surface area contributed by atoms with E-state index in [4.69, 9.17) is 0 Å². The van der Waals surface area contributed by atoms with Crippen LogP contribution in [0.3, 0.4) is 0 Å². The summed E-state index contributed by atoms with van der Waals surface area (Å²) in [5, 5.41) is 0. The van der Waals surface area contributed by atoms with Gasteiger partial charge in [0.1, 0.15) is 0 Å². The molecule has 1 aromatic carbocycles. The monoisotopic (exact) mass is 271 g/mol. The summed E-state index contributed by atoms with van der Waals surface area (Å²) in [6, 6.07) is 13.6. The molecule has 98 valence electrons. The van der Waals surface area contributed by atoms with Gasteiger partial charge < -0.3 is 9.80 Å². The highest BCUT2D eigenvalue weighted by Gasteiger charge is 2.32. The molecule has 4 heteroatoms. The smallest absolute Gasteiger partial charge is 0.0830 e. The number of hydrogen-bond acceptors (Lipinski definition) is 3. The molecule has 2 aromatic rings. The van der Waals surface area contributed by atoms with Crippen molar-refractivity contribution < 1.29 is 0 Å². The van der Waals surface area contributed by atoms with Gasteiger partial charge >= 0.3 is 0 Å². The van der Waals surface area contributed by atoms with Gasteiger partial charge in [0.25, 0.3) is 0 Å². The molecular weight excluding hydrogens is 254 g/mol. The first-order valence-corrected chi connectivity index (χ1v) is 7.50. The van der Waals surface area contributed by atoms with E-state index in [0.717, 1.165) is 19.6 Å². The Hall–Kier alpha value is -1.39. The Bertz CT molecular complexity index is 607. The molecule has 1 aromatic heterocycles. The molecule has 4 rings (SSSR count). The highest BCUT2D eigenvalue weighted by Crippen LogP contribution is 2.42. The number of nitrogens with zero attached hydrogens (tertiary/aromatic N) is 3. The third-order valence-electron chi connectivity index (χ3n) is 4.04. The fourth-order valence-corrected chi connectivity index (χ4v) is 4.11. The standard InChI is InChI=1S/C15H17N3S/c1-16-9-10-17-13-5-2-3-7-15(13)19-18-8-4-6-12(18)14(17)11-16/h2-8,14H,9-11H2,1H3. The van der Waals surface area contributed by atoms with E-state index in [1.807, 2.05) is 11.9 Å². The summed E-state index contributed by atoms with van der Waals surface area (Å²) in [5.41, 5.74) is 2.79. The van der Waals surface area contributed by atoms with Crippen molar-refractivity contribution in [2.75, 3.05) is 31.6 Å². The van der Waals surface area contributed by atoms with E-state index < -0.39 is 0 Å². The van der Waals surface area contributed by atoms with Crippen LogP contribution < -0.4 is 4.90 Å². The van der Waals surface area contributed by atoms with Gasteiger partial charge in [-0.05, 0) is 43.3 Å². The number of para-hydroxylation sites is 1. The van der Waals surface area contributed by atoms with E-state index in [1.54, 1.807) is 0 Å². The average molecular weight is 271 g/mol. The van der Waals surface area contributed by atoms with Crippen LogP contribution in [-0.4, -0.2) is 35.6 Å². The topological polar surface area (TPSA) is 11.4 Å². The molecule has 0 saturated carbocycles. The minimum absolute atomic E-state index is 0.463. The van der Waals surface area contributed by atoms with Crippen molar-refractivity contribution in [2.24, 2.45) is 0 Å². The molecule has 0 N–H and O–H groups in total. The zero-order chi connectivity index (χ0) is 12.8. The summed E-state index contributed by atoms with van der Waals surface area (Å²) >= 11 is 1.83. The van der Waals surface area contributed by atoms with E-state index in [9.17, 15) is 0 Å². The van der Waals surface area contributed by atoms with Crippen LogP contribution in [0.4, 0.5) is 5.69 Å². The largest absolute Gasteiger partial charge is 0.359 e. The number of anilines is 1. The lowest BCUT2D eigenvalue weighted by atomic mass is 10.1. The lowest BCUT2D eigenvalue weighted by molar-refractivity contribution is 0.266. The van der Waals surface area contributed by atoms with Crippen LogP contribution in [-0.2, 0) is 0 Å². The number of piperazine rings is 1. The Kier molecular flexibility index (Phi) is 2.60. The Morgan fingerprint density at radius 1 is 1.11 bits per heavy atom. The van der Waals surface area contributed by atoms with Crippen molar-refractivity contribution in [3.05, 3.63) is 48.3 Å².